The predicted octanol–water partition coefficient (Wildman–Crippen LogP) is 4.66. The third-order valence-electron chi connectivity index (χ3n) is 5.55. The van der Waals surface area contributed by atoms with E-state index in [1.165, 1.54) is 38.8 Å². The van der Waals surface area contributed by atoms with Crippen molar-refractivity contribution in [3.8, 4) is 0 Å². The van der Waals surface area contributed by atoms with Gasteiger partial charge in [0.1, 0.15) is 6.61 Å². The van der Waals surface area contributed by atoms with Gasteiger partial charge in [-0.1, -0.05) is 38.5 Å². The number of esters is 1. The lowest BCUT2D eigenvalue weighted by Crippen LogP contribution is -2.32. The average Bonchev–Trinajstić information content (AvgIpc) is 2.71. The van der Waals surface area contributed by atoms with Crippen molar-refractivity contribution in [1.82, 2.24) is 5.32 Å². The van der Waals surface area contributed by atoms with Crippen molar-refractivity contribution in [3.05, 3.63) is 0 Å². The number of ether oxygens (including phenoxy) is 1. The van der Waals surface area contributed by atoms with Gasteiger partial charge >= 0.3 is 13.6 Å². The Balaban J connectivity index is 1.96. The van der Waals surface area contributed by atoms with Crippen LogP contribution in [0, 0.1) is 0 Å². The minimum absolute atomic E-state index is 0.0367. The summed E-state index contributed by atoms with van der Waals surface area (Å²) in [6.07, 6.45) is 14.5. The molecule has 0 aromatic carbocycles. The van der Waals surface area contributed by atoms with Crippen molar-refractivity contribution in [3.63, 3.8) is 0 Å². The third kappa shape index (κ3) is 13.7. The molecule has 0 aromatic heterocycles. The number of amides is 1. The Morgan fingerprint density at radius 3 is 2.37 bits per heavy atom. The smallest absolute Gasteiger partial charge is 0.325 e. The quantitative estimate of drug-likeness (QED) is 0.194. The lowest BCUT2D eigenvalue weighted by Gasteiger charge is -2.35. The average molecular weight is 466 g/mol. The molecule has 0 radical (unpaired) electrons. The molecule has 0 aliphatic heterocycles. The molecule has 7 nitrogen and oxygen atoms in total. The molecule has 1 aliphatic carbocycles. The van der Waals surface area contributed by atoms with Crippen LogP contribution >= 0.6 is 19.4 Å². The lowest BCUT2D eigenvalue weighted by molar-refractivity contribution is -0.144. The van der Waals surface area contributed by atoms with E-state index in [4.69, 9.17) is 14.2 Å². The monoisotopic (exact) mass is 465 g/mol. The minimum Gasteiger partial charge on any atom is -0.464 e. The fourth-order valence-corrected chi connectivity index (χ4v) is 5.22. The van der Waals surface area contributed by atoms with Crippen LogP contribution in [0.1, 0.15) is 83.5 Å². The molecule has 1 aliphatic rings. The van der Waals surface area contributed by atoms with Crippen LogP contribution in [0.4, 0.5) is 0 Å². The van der Waals surface area contributed by atoms with Crippen molar-refractivity contribution in [2.45, 2.75) is 88.2 Å². The van der Waals surface area contributed by atoms with Gasteiger partial charge in [0, 0.05) is 24.3 Å². The summed E-state index contributed by atoms with van der Waals surface area (Å²) >= 11 is 1.91. The maximum Gasteiger partial charge on any atom is 0.325 e. The van der Waals surface area contributed by atoms with Crippen LogP contribution in [-0.2, 0) is 23.4 Å². The Morgan fingerprint density at radius 1 is 1.03 bits per heavy atom. The molecule has 30 heavy (non-hydrogen) atoms. The van der Waals surface area contributed by atoms with E-state index in [1.54, 1.807) is 0 Å². The number of carbonyl (C=O) groups is 2. The summed E-state index contributed by atoms with van der Waals surface area (Å²) in [6.45, 7) is 2.05. The largest absolute Gasteiger partial charge is 0.464 e. The van der Waals surface area contributed by atoms with Gasteiger partial charge in [0.15, 0.2) is 0 Å². The maximum absolute atomic E-state index is 12.1. The summed E-state index contributed by atoms with van der Waals surface area (Å²) < 4.78 is 21.2. The summed E-state index contributed by atoms with van der Waals surface area (Å²) in [6, 6.07) is 0. The molecule has 1 fully saturated rings. The molecule has 1 amide bonds. The van der Waals surface area contributed by atoms with E-state index in [9.17, 15) is 14.2 Å². The summed E-state index contributed by atoms with van der Waals surface area (Å²) in [5, 5.41) is 2.85. The number of nitrogens with one attached hydrogen (secondary N) is 1. The van der Waals surface area contributed by atoms with Crippen molar-refractivity contribution in [2.75, 3.05) is 32.7 Å². The van der Waals surface area contributed by atoms with E-state index in [0.717, 1.165) is 38.5 Å². The second-order valence-corrected chi connectivity index (χ2v) is 11.3. The van der Waals surface area contributed by atoms with Gasteiger partial charge in [0.25, 0.3) is 0 Å². The second kappa shape index (κ2) is 15.3. The van der Waals surface area contributed by atoms with Gasteiger partial charge in [-0.15, -0.1) is 0 Å². The van der Waals surface area contributed by atoms with Crippen molar-refractivity contribution in [2.24, 2.45) is 0 Å². The minimum atomic E-state index is -3.36. The highest BCUT2D eigenvalue weighted by molar-refractivity contribution is 8.00. The van der Waals surface area contributed by atoms with Crippen molar-refractivity contribution < 1.29 is 28.3 Å². The van der Waals surface area contributed by atoms with Crippen LogP contribution in [0.5, 0.6) is 0 Å². The van der Waals surface area contributed by atoms with Crippen LogP contribution in [0.2, 0.25) is 0 Å². The Bertz CT molecular complexity index is 548. The molecule has 0 aromatic rings. The summed E-state index contributed by atoms with van der Waals surface area (Å²) in [5.41, 5.74) is 0. The molecule has 2 N–H and O–H groups in total. The molecular formula is C21H40NO6PS. The second-order valence-electron chi connectivity index (χ2n) is 8.17. The van der Waals surface area contributed by atoms with Gasteiger partial charge in [-0.2, -0.15) is 11.8 Å². The Kier molecular flexibility index (Phi) is 14.0. The van der Waals surface area contributed by atoms with E-state index in [-0.39, 0.29) is 29.8 Å². The normalized spacial score (nSPS) is 17.8. The zero-order chi connectivity index (χ0) is 22.3. The van der Waals surface area contributed by atoms with E-state index in [0.29, 0.717) is 19.4 Å². The summed E-state index contributed by atoms with van der Waals surface area (Å²) in [4.78, 5) is 32.8. The van der Waals surface area contributed by atoms with Gasteiger partial charge < -0.3 is 19.5 Å². The number of hydrogen-bond donors (Lipinski definition) is 2. The first-order chi connectivity index (χ1) is 14.3. The van der Waals surface area contributed by atoms with Crippen LogP contribution in [0.3, 0.4) is 0 Å². The zero-order valence-corrected chi connectivity index (χ0v) is 20.4. The number of unbranched alkanes of at least 4 members (excludes halogenated alkanes) is 4. The highest BCUT2D eigenvalue weighted by atomic mass is 32.2. The summed E-state index contributed by atoms with van der Waals surface area (Å²) in [7, 11) is -3.36. The van der Waals surface area contributed by atoms with E-state index in [2.05, 4.69) is 11.6 Å². The van der Waals surface area contributed by atoms with Crippen molar-refractivity contribution >= 4 is 31.2 Å². The predicted molar refractivity (Wildman–Crippen MR) is 122 cm³/mol. The molecule has 1 saturated carbocycles. The van der Waals surface area contributed by atoms with Crippen LogP contribution in [0.15, 0.2) is 0 Å². The molecule has 9 heteroatoms. The Labute approximate surface area is 186 Å². The van der Waals surface area contributed by atoms with E-state index in [1.807, 2.05) is 11.8 Å². The number of hydrogen-bond acceptors (Lipinski definition) is 6. The Morgan fingerprint density at radius 2 is 1.70 bits per heavy atom. The van der Waals surface area contributed by atoms with E-state index >= 15 is 0 Å². The molecule has 0 heterocycles. The molecule has 0 spiro atoms. The standard InChI is InChI=1S/C21H40NO6PS/c1-29(25,26)28-17-10-5-3-4-7-11-20(24)27-18-16-22-19(23)12-15-21(30-2)13-8-6-9-14-21/h3-18H2,1-2H3,(H,22,23)(H,25,26). The number of rotatable bonds is 16. The van der Waals surface area contributed by atoms with Gasteiger partial charge in [-0.25, -0.2) is 0 Å². The highest BCUT2D eigenvalue weighted by Crippen LogP contribution is 2.42. The van der Waals surface area contributed by atoms with Gasteiger partial charge in [0.05, 0.1) is 13.2 Å². The first kappa shape index (κ1) is 27.5. The maximum atomic E-state index is 12.1. The fraction of sp³-hybridized carbons (Fsp3) is 0.905. The first-order valence-electron chi connectivity index (χ1n) is 11.2. The zero-order valence-electron chi connectivity index (χ0n) is 18.7. The molecule has 0 saturated heterocycles. The molecule has 0 bridgehead atoms. The third-order valence-corrected chi connectivity index (χ3v) is 7.69. The van der Waals surface area contributed by atoms with Crippen molar-refractivity contribution in [1.29, 1.82) is 0 Å². The number of thioether (sulfide) groups is 1. The van der Waals surface area contributed by atoms with Crippen LogP contribution < -0.4 is 5.32 Å². The van der Waals surface area contributed by atoms with E-state index < -0.39 is 7.60 Å². The fourth-order valence-electron chi connectivity index (χ4n) is 3.75. The molecule has 1 rings (SSSR count). The van der Waals surface area contributed by atoms with Crippen LogP contribution in [0.25, 0.3) is 0 Å². The SMILES string of the molecule is CSC1(CCC(=O)NCCOC(=O)CCCCCCCOP(C)(=O)O)CCCCC1. The molecular weight excluding hydrogens is 425 g/mol. The highest BCUT2D eigenvalue weighted by Gasteiger charge is 2.31. The van der Waals surface area contributed by atoms with Crippen LogP contribution in [-0.4, -0.2) is 54.2 Å². The van der Waals surface area contributed by atoms with Gasteiger partial charge in [-0.05, 0) is 38.4 Å². The topological polar surface area (TPSA) is 102 Å². The Hall–Kier alpha value is -0.560. The molecule has 1 atom stereocenters. The lowest BCUT2D eigenvalue weighted by atomic mass is 9.85. The molecule has 176 valence electrons. The first-order valence-corrected chi connectivity index (χ1v) is 14.4. The number of carbonyl (C=O) groups excluding carboxylic acids is 2. The van der Waals surface area contributed by atoms with Gasteiger partial charge in [0.2, 0.25) is 5.91 Å². The summed E-state index contributed by atoms with van der Waals surface area (Å²) in [5.74, 6) is -0.196. The van der Waals surface area contributed by atoms with Gasteiger partial charge in [-0.3, -0.25) is 14.2 Å². The molecule has 1 unspecified atom stereocenters.